The molecule has 0 radical (unpaired) electrons. The van der Waals surface area contributed by atoms with Crippen molar-refractivity contribution in [3.63, 3.8) is 0 Å². The summed E-state index contributed by atoms with van der Waals surface area (Å²) in [5, 5.41) is 3.16. The van der Waals surface area contributed by atoms with Crippen LogP contribution in [0.3, 0.4) is 0 Å². The Morgan fingerprint density at radius 1 is 1.30 bits per heavy atom. The van der Waals surface area contributed by atoms with Gasteiger partial charge in [0.1, 0.15) is 0 Å². The van der Waals surface area contributed by atoms with Crippen LogP contribution in [-0.4, -0.2) is 75.6 Å². The molecule has 1 amide bonds. The van der Waals surface area contributed by atoms with Gasteiger partial charge in [0.15, 0.2) is 0 Å². The molecule has 1 unspecified atom stereocenters. The maximum Gasteiger partial charge on any atom is 0.251 e. The number of carbonyl (C=O) groups is 1. The lowest BCUT2D eigenvalue weighted by Gasteiger charge is -2.50. The monoisotopic (exact) mass is 370 g/mol. The number of nitrogens with one attached hydrogen (secondary N) is 1. The smallest absolute Gasteiger partial charge is 0.251 e. The molecule has 148 valence electrons. The highest BCUT2D eigenvalue weighted by Gasteiger charge is 2.40. The van der Waals surface area contributed by atoms with E-state index in [0.717, 1.165) is 49.3 Å². The predicted molar refractivity (Wildman–Crippen MR) is 112 cm³/mol. The average molecular weight is 371 g/mol. The number of nitrogens with zero attached hydrogens (tertiary/aromatic N) is 3. The van der Waals surface area contributed by atoms with Crippen LogP contribution < -0.4 is 10.2 Å². The second-order valence-corrected chi connectivity index (χ2v) is 8.35. The van der Waals surface area contributed by atoms with Gasteiger partial charge < -0.3 is 15.1 Å². The van der Waals surface area contributed by atoms with Crippen LogP contribution >= 0.6 is 0 Å². The Hall–Kier alpha value is -1.85. The number of fused-ring (bicyclic) bond motifs is 3. The van der Waals surface area contributed by atoms with E-state index in [4.69, 9.17) is 0 Å². The van der Waals surface area contributed by atoms with Gasteiger partial charge in [-0.15, -0.1) is 6.58 Å². The van der Waals surface area contributed by atoms with Crippen LogP contribution in [0.15, 0.2) is 36.9 Å². The third-order valence-electron chi connectivity index (χ3n) is 6.15. The molecule has 0 saturated carbocycles. The first-order valence-corrected chi connectivity index (χ1v) is 10.1. The first-order valence-electron chi connectivity index (χ1n) is 10.1. The van der Waals surface area contributed by atoms with E-state index in [-0.39, 0.29) is 5.91 Å². The lowest BCUT2D eigenvalue weighted by Crippen LogP contribution is -2.58. The van der Waals surface area contributed by atoms with E-state index in [1.807, 2.05) is 49.3 Å². The van der Waals surface area contributed by atoms with E-state index in [9.17, 15) is 4.79 Å². The zero-order valence-electron chi connectivity index (χ0n) is 17.0. The van der Waals surface area contributed by atoms with Gasteiger partial charge >= 0.3 is 0 Å². The minimum atomic E-state index is 0.0326. The SMILES string of the molecule is C=CCN(C)C[C@H]1CN2CC[C@@H]1C[C@H]2CNC(=O)c1ccc(N(C)C)cc1. The topological polar surface area (TPSA) is 38.8 Å². The molecule has 0 aromatic heterocycles. The first kappa shape index (κ1) is 19.9. The largest absolute Gasteiger partial charge is 0.378 e. The van der Waals surface area contributed by atoms with Crippen molar-refractivity contribution in [2.45, 2.75) is 18.9 Å². The van der Waals surface area contributed by atoms with Crippen LogP contribution in [0.1, 0.15) is 23.2 Å². The van der Waals surface area contributed by atoms with Crippen molar-refractivity contribution >= 4 is 11.6 Å². The summed E-state index contributed by atoms with van der Waals surface area (Å²) in [4.78, 5) is 19.5. The van der Waals surface area contributed by atoms with Crippen LogP contribution in [0.2, 0.25) is 0 Å². The van der Waals surface area contributed by atoms with Crippen molar-refractivity contribution in [2.75, 3.05) is 58.8 Å². The van der Waals surface area contributed by atoms with Gasteiger partial charge in [-0.3, -0.25) is 9.69 Å². The van der Waals surface area contributed by atoms with Crippen LogP contribution in [0.4, 0.5) is 5.69 Å². The predicted octanol–water partition coefficient (Wildman–Crippen LogP) is 2.31. The summed E-state index contributed by atoms with van der Waals surface area (Å²) in [5.74, 6) is 1.56. The highest BCUT2D eigenvalue weighted by molar-refractivity contribution is 5.94. The molecular weight excluding hydrogens is 336 g/mol. The highest BCUT2D eigenvalue weighted by atomic mass is 16.1. The van der Waals surface area contributed by atoms with Crippen molar-refractivity contribution in [1.82, 2.24) is 15.1 Å². The molecule has 27 heavy (non-hydrogen) atoms. The Bertz CT molecular complexity index is 642. The summed E-state index contributed by atoms with van der Waals surface area (Å²) in [6, 6.07) is 8.28. The second-order valence-electron chi connectivity index (χ2n) is 8.35. The number of piperidine rings is 3. The normalized spacial score (nSPS) is 26.8. The molecule has 5 nitrogen and oxygen atoms in total. The summed E-state index contributed by atoms with van der Waals surface area (Å²) in [6.07, 6.45) is 4.47. The maximum atomic E-state index is 12.5. The molecule has 3 aliphatic heterocycles. The van der Waals surface area contributed by atoms with Crippen LogP contribution in [0.25, 0.3) is 0 Å². The van der Waals surface area contributed by atoms with Gasteiger partial charge in [0.25, 0.3) is 5.91 Å². The van der Waals surface area contributed by atoms with E-state index in [0.29, 0.717) is 6.04 Å². The molecule has 3 fully saturated rings. The highest BCUT2D eigenvalue weighted by Crippen LogP contribution is 2.36. The van der Waals surface area contributed by atoms with Gasteiger partial charge in [-0.05, 0) is 62.5 Å². The van der Waals surface area contributed by atoms with E-state index in [1.165, 1.54) is 19.4 Å². The molecule has 5 heteroatoms. The molecule has 1 aromatic carbocycles. The van der Waals surface area contributed by atoms with Gasteiger partial charge in [0.2, 0.25) is 0 Å². The van der Waals surface area contributed by atoms with Gasteiger partial charge in [-0.1, -0.05) is 6.08 Å². The summed E-state index contributed by atoms with van der Waals surface area (Å²) in [7, 11) is 6.19. The Morgan fingerprint density at radius 3 is 2.63 bits per heavy atom. The zero-order chi connectivity index (χ0) is 19.4. The summed E-state index contributed by atoms with van der Waals surface area (Å²) >= 11 is 0. The van der Waals surface area contributed by atoms with Gasteiger partial charge in [-0.2, -0.15) is 0 Å². The number of anilines is 1. The van der Waals surface area contributed by atoms with E-state index < -0.39 is 0 Å². The van der Waals surface area contributed by atoms with E-state index in [2.05, 4.69) is 28.7 Å². The van der Waals surface area contributed by atoms with Crippen molar-refractivity contribution in [2.24, 2.45) is 11.8 Å². The molecule has 0 aliphatic carbocycles. The van der Waals surface area contributed by atoms with Crippen LogP contribution in [0.5, 0.6) is 0 Å². The molecular formula is C22H34N4O. The van der Waals surface area contributed by atoms with Crippen LogP contribution in [0, 0.1) is 11.8 Å². The first-order chi connectivity index (χ1) is 13.0. The minimum absolute atomic E-state index is 0.0326. The fourth-order valence-electron chi connectivity index (χ4n) is 4.59. The second kappa shape index (κ2) is 8.89. The lowest BCUT2D eigenvalue weighted by molar-refractivity contribution is -0.00778. The molecule has 3 aliphatic rings. The third kappa shape index (κ3) is 4.90. The van der Waals surface area contributed by atoms with Gasteiger partial charge in [-0.25, -0.2) is 0 Å². The minimum Gasteiger partial charge on any atom is -0.378 e. The Kier molecular flexibility index (Phi) is 6.55. The molecule has 0 spiro atoms. The Morgan fingerprint density at radius 2 is 2.04 bits per heavy atom. The van der Waals surface area contributed by atoms with Gasteiger partial charge in [0, 0.05) is 57.6 Å². The molecule has 4 rings (SSSR count). The van der Waals surface area contributed by atoms with Crippen molar-refractivity contribution in [3.05, 3.63) is 42.5 Å². The standard InChI is InChI=1S/C22H34N4O/c1-5-11-25(4)15-19-16-26-12-10-18(19)13-21(26)14-23-22(27)17-6-8-20(9-7-17)24(2)3/h5-9,18-19,21H,1,10-16H2,2-4H3,(H,23,27)/t18-,19+,21+/m1/s1. The Balaban J connectivity index is 1.49. The van der Waals surface area contributed by atoms with Crippen LogP contribution in [-0.2, 0) is 0 Å². The number of carbonyl (C=O) groups excluding carboxylic acids is 1. The number of hydrogen-bond donors (Lipinski definition) is 1. The van der Waals surface area contributed by atoms with E-state index in [1.54, 1.807) is 0 Å². The fraction of sp³-hybridized carbons (Fsp3) is 0.591. The summed E-state index contributed by atoms with van der Waals surface area (Å²) in [6.45, 7) is 9.01. The van der Waals surface area contributed by atoms with Crippen molar-refractivity contribution in [1.29, 1.82) is 0 Å². The number of benzene rings is 1. The quantitative estimate of drug-likeness (QED) is 0.713. The maximum absolute atomic E-state index is 12.5. The summed E-state index contributed by atoms with van der Waals surface area (Å²) in [5.41, 5.74) is 1.84. The molecule has 4 atom stereocenters. The fourth-order valence-corrected chi connectivity index (χ4v) is 4.59. The lowest BCUT2D eigenvalue weighted by atomic mass is 9.75. The number of hydrogen-bond acceptors (Lipinski definition) is 4. The van der Waals surface area contributed by atoms with Gasteiger partial charge in [0.05, 0.1) is 0 Å². The third-order valence-corrected chi connectivity index (χ3v) is 6.15. The van der Waals surface area contributed by atoms with Crippen molar-refractivity contribution < 1.29 is 4.79 Å². The Labute approximate surface area is 164 Å². The molecule has 2 bridgehead atoms. The number of likely N-dealkylation sites (N-methyl/N-ethyl adjacent to an activating group) is 1. The molecule has 1 N–H and O–H groups in total. The molecule has 3 heterocycles. The summed E-state index contributed by atoms with van der Waals surface area (Å²) < 4.78 is 0. The molecule has 1 aromatic rings. The number of rotatable bonds is 8. The molecule has 3 saturated heterocycles. The number of amides is 1. The van der Waals surface area contributed by atoms with E-state index >= 15 is 0 Å². The van der Waals surface area contributed by atoms with Crippen molar-refractivity contribution in [3.8, 4) is 0 Å². The zero-order valence-corrected chi connectivity index (χ0v) is 17.0. The average Bonchev–Trinajstić information content (AvgIpc) is 2.67.